The van der Waals surface area contributed by atoms with Crippen LogP contribution in [0.15, 0.2) is 59.7 Å². The quantitative estimate of drug-likeness (QED) is 0.698. The number of H-pyrrole nitrogens is 1. The highest BCUT2D eigenvalue weighted by molar-refractivity contribution is 5.83. The second-order valence-corrected chi connectivity index (χ2v) is 4.52. The van der Waals surface area contributed by atoms with E-state index in [1.165, 1.54) is 0 Å². The summed E-state index contributed by atoms with van der Waals surface area (Å²) in [6.07, 6.45) is 3.89. The Labute approximate surface area is 111 Å². The lowest BCUT2D eigenvalue weighted by Gasteiger charge is -2.03. The summed E-state index contributed by atoms with van der Waals surface area (Å²) in [5.41, 5.74) is 1.83. The van der Waals surface area contributed by atoms with Crippen molar-refractivity contribution in [2.24, 2.45) is 0 Å². The summed E-state index contributed by atoms with van der Waals surface area (Å²) >= 11 is 0. The molecule has 0 unspecified atom stereocenters. The third-order valence-corrected chi connectivity index (χ3v) is 3.29. The Balaban J connectivity index is 2.23. The molecule has 0 atom stereocenters. The summed E-state index contributed by atoms with van der Waals surface area (Å²) in [6, 6.07) is 13.9. The second kappa shape index (κ2) is 4.69. The minimum Gasteiger partial charge on any atom is -0.321 e. The fourth-order valence-electron chi connectivity index (χ4n) is 2.22. The Hall–Kier alpha value is -2.42. The van der Waals surface area contributed by atoms with Crippen LogP contribution >= 0.6 is 0 Å². The maximum absolute atomic E-state index is 12.2. The molecule has 3 aromatic rings. The average Bonchev–Trinajstić information content (AvgIpc) is 2.48. The number of aromatic nitrogens is 2. The number of nitrogens with zero attached hydrogens (tertiary/aromatic N) is 1. The average molecular weight is 251 g/mol. The molecule has 3 nitrogen and oxygen atoms in total. The lowest BCUT2D eigenvalue weighted by molar-refractivity contribution is -0.692. The van der Waals surface area contributed by atoms with Crippen molar-refractivity contribution in [3.8, 4) is 11.3 Å². The van der Waals surface area contributed by atoms with Crippen LogP contribution in [-0.2, 0) is 6.54 Å². The fourth-order valence-corrected chi connectivity index (χ4v) is 2.22. The van der Waals surface area contributed by atoms with Crippen molar-refractivity contribution in [2.45, 2.75) is 13.5 Å². The van der Waals surface area contributed by atoms with Gasteiger partial charge in [0.05, 0.1) is 0 Å². The van der Waals surface area contributed by atoms with Crippen molar-refractivity contribution in [3.63, 3.8) is 0 Å². The molecule has 2 heterocycles. The highest BCUT2D eigenvalue weighted by Crippen LogP contribution is 2.18. The number of aryl methyl sites for hydroxylation is 1. The molecular formula is C16H15N2O+. The van der Waals surface area contributed by atoms with Crippen molar-refractivity contribution >= 4 is 10.8 Å². The molecule has 19 heavy (non-hydrogen) atoms. The first-order chi connectivity index (χ1) is 9.28. The van der Waals surface area contributed by atoms with Crippen molar-refractivity contribution < 1.29 is 4.57 Å². The van der Waals surface area contributed by atoms with Gasteiger partial charge in [-0.3, -0.25) is 4.79 Å². The van der Waals surface area contributed by atoms with Crippen LogP contribution in [0.25, 0.3) is 22.0 Å². The highest BCUT2D eigenvalue weighted by Gasteiger charge is 2.07. The Morgan fingerprint density at radius 3 is 2.68 bits per heavy atom. The molecule has 0 fully saturated rings. The summed E-state index contributed by atoms with van der Waals surface area (Å²) in [7, 11) is 0. The standard InChI is InChI=1S/C16H14N2O/c1-2-18-9-8-13-10-15(12-6-4-3-5-7-12)17-16(19)14(13)11-18/h3-11H,2H2,1H3/p+1. The number of benzene rings is 1. The fraction of sp³-hybridized carbons (Fsp3) is 0.125. The summed E-state index contributed by atoms with van der Waals surface area (Å²) in [6.45, 7) is 2.91. The third kappa shape index (κ3) is 2.15. The number of nitrogens with one attached hydrogen (secondary N) is 1. The van der Waals surface area contributed by atoms with Gasteiger partial charge in [-0.05, 0) is 18.6 Å². The zero-order valence-electron chi connectivity index (χ0n) is 10.8. The minimum atomic E-state index is -0.0425. The van der Waals surface area contributed by atoms with E-state index in [0.29, 0.717) is 0 Å². The van der Waals surface area contributed by atoms with E-state index >= 15 is 0 Å². The minimum absolute atomic E-state index is 0.0425. The Bertz CT molecular complexity index is 776. The molecule has 0 radical (unpaired) electrons. The van der Waals surface area contributed by atoms with E-state index in [1.807, 2.05) is 59.4 Å². The van der Waals surface area contributed by atoms with Gasteiger partial charge in [-0.2, -0.15) is 0 Å². The molecule has 1 N–H and O–H groups in total. The molecular weight excluding hydrogens is 236 g/mol. The Morgan fingerprint density at radius 2 is 1.95 bits per heavy atom. The molecule has 1 aromatic carbocycles. The zero-order chi connectivity index (χ0) is 13.2. The lowest BCUT2D eigenvalue weighted by atomic mass is 10.1. The molecule has 94 valence electrons. The highest BCUT2D eigenvalue weighted by atomic mass is 16.1. The van der Waals surface area contributed by atoms with Crippen LogP contribution in [0.4, 0.5) is 0 Å². The smallest absolute Gasteiger partial charge is 0.262 e. The van der Waals surface area contributed by atoms with Gasteiger partial charge in [0.1, 0.15) is 11.9 Å². The predicted octanol–water partition coefficient (Wildman–Crippen LogP) is 2.50. The van der Waals surface area contributed by atoms with Crippen LogP contribution in [0.3, 0.4) is 0 Å². The van der Waals surface area contributed by atoms with Gasteiger partial charge in [0.2, 0.25) is 0 Å². The predicted molar refractivity (Wildman–Crippen MR) is 75.9 cm³/mol. The molecule has 0 aliphatic carbocycles. The first-order valence-electron chi connectivity index (χ1n) is 6.39. The van der Waals surface area contributed by atoms with Gasteiger partial charge in [-0.15, -0.1) is 0 Å². The third-order valence-electron chi connectivity index (χ3n) is 3.29. The normalized spacial score (nSPS) is 10.8. The molecule has 0 spiro atoms. The molecule has 0 amide bonds. The van der Waals surface area contributed by atoms with E-state index in [2.05, 4.69) is 11.9 Å². The van der Waals surface area contributed by atoms with E-state index < -0.39 is 0 Å². The molecule has 0 saturated heterocycles. The SMILES string of the molecule is CC[n+]1ccc2cc(-c3ccccc3)[nH]c(=O)c2c1. The molecule has 0 bridgehead atoms. The van der Waals surface area contributed by atoms with Gasteiger partial charge < -0.3 is 4.98 Å². The maximum Gasteiger partial charge on any atom is 0.262 e. The number of hydrogen-bond acceptors (Lipinski definition) is 1. The molecule has 0 saturated carbocycles. The largest absolute Gasteiger partial charge is 0.321 e. The van der Waals surface area contributed by atoms with Gasteiger partial charge in [0.15, 0.2) is 12.4 Å². The van der Waals surface area contributed by atoms with Crippen molar-refractivity contribution in [2.75, 3.05) is 0 Å². The first-order valence-corrected chi connectivity index (χ1v) is 6.39. The summed E-state index contributed by atoms with van der Waals surface area (Å²) in [4.78, 5) is 15.1. The number of fused-ring (bicyclic) bond motifs is 1. The van der Waals surface area contributed by atoms with Crippen LogP contribution < -0.4 is 10.1 Å². The van der Waals surface area contributed by atoms with E-state index in [4.69, 9.17) is 0 Å². The topological polar surface area (TPSA) is 36.7 Å². The zero-order valence-corrected chi connectivity index (χ0v) is 10.8. The van der Waals surface area contributed by atoms with Crippen LogP contribution in [0.2, 0.25) is 0 Å². The van der Waals surface area contributed by atoms with Crippen LogP contribution in [0.5, 0.6) is 0 Å². The molecule has 2 aromatic heterocycles. The number of hydrogen-bond donors (Lipinski definition) is 1. The first kappa shape index (κ1) is 11.7. The van der Waals surface area contributed by atoms with E-state index in [-0.39, 0.29) is 5.56 Å². The van der Waals surface area contributed by atoms with E-state index in [1.54, 1.807) is 0 Å². The van der Waals surface area contributed by atoms with Crippen LogP contribution in [0.1, 0.15) is 6.92 Å². The lowest BCUT2D eigenvalue weighted by Crippen LogP contribution is -2.31. The van der Waals surface area contributed by atoms with Crippen molar-refractivity contribution in [1.29, 1.82) is 0 Å². The molecule has 3 rings (SSSR count). The van der Waals surface area contributed by atoms with Gasteiger partial charge >= 0.3 is 0 Å². The summed E-state index contributed by atoms with van der Waals surface area (Å²) in [5, 5.41) is 1.69. The van der Waals surface area contributed by atoms with Crippen LogP contribution in [-0.4, -0.2) is 4.98 Å². The monoisotopic (exact) mass is 251 g/mol. The second-order valence-electron chi connectivity index (χ2n) is 4.52. The van der Waals surface area contributed by atoms with E-state index in [0.717, 1.165) is 28.6 Å². The van der Waals surface area contributed by atoms with Crippen molar-refractivity contribution in [3.05, 3.63) is 65.2 Å². The molecule has 0 aliphatic rings. The molecule has 0 aliphatic heterocycles. The van der Waals surface area contributed by atoms with Crippen molar-refractivity contribution in [1.82, 2.24) is 4.98 Å². The van der Waals surface area contributed by atoms with Gasteiger partial charge in [0, 0.05) is 17.1 Å². The van der Waals surface area contributed by atoms with E-state index in [9.17, 15) is 4.79 Å². The maximum atomic E-state index is 12.2. The number of aromatic amines is 1. The number of rotatable bonds is 2. The summed E-state index contributed by atoms with van der Waals surface area (Å²) < 4.78 is 2.00. The van der Waals surface area contributed by atoms with Gasteiger partial charge in [-0.25, -0.2) is 4.57 Å². The molecule has 3 heteroatoms. The summed E-state index contributed by atoms with van der Waals surface area (Å²) in [5.74, 6) is 0. The van der Waals surface area contributed by atoms with Crippen LogP contribution in [0, 0.1) is 0 Å². The Kier molecular flexibility index (Phi) is 2.88. The van der Waals surface area contributed by atoms with Gasteiger partial charge in [0.25, 0.3) is 5.56 Å². The number of pyridine rings is 2. The van der Waals surface area contributed by atoms with Gasteiger partial charge in [-0.1, -0.05) is 30.3 Å². The Morgan fingerprint density at radius 1 is 1.16 bits per heavy atom.